The number of benzene rings is 1. The van der Waals surface area contributed by atoms with E-state index in [0.29, 0.717) is 18.4 Å². The molecule has 114 valence electrons. The van der Waals surface area contributed by atoms with Crippen LogP contribution < -0.4 is 5.32 Å². The van der Waals surface area contributed by atoms with Gasteiger partial charge in [0.05, 0.1) is 6.04 Å². The van der Waals surface area contributed by atoms with Gasteiger partial charge in [-0.25, -0.2) is 0 Å². The average molecular weight is 304 g/mol. The van der Waals surface area contributed by atoms with Gasteiger partial charge in [0.25, 0.3) is 0 Å². The molecule has 0 aliphatic carbocycles. The summed E-state index contributed by atoms with van der Waals surface area (Å²) in [4.78, 5) is 14.7. The van der Waals surface area contributed by atoms with Crippen molar-refractivity contribution in [2.75, 3.05) is 24.6 Å². The summed E-state index contributed by atoms with van der Waals surface area (Å²) in [6.07, 6.45) is 2.87. The van der Waals surface area contributed by atoms with E-state index in [2.05, 4.69) is 41.4 Å². The molecule has 0 spiro atoms. The van der Waals surface area contributed by atoms with Gasteiger partial charge in [0.2, 0.25) is 5.91 Å². The van der Waals surface area contributed by atoms with Crippen LogP contribution in [0, 0.1) is 6.92 Å². The van der Waals surface area contributed by atoms with Gasteiger partial charge in [0, 0.05) is 37.1 Å². The zero-order valence-electron chi connectivity index (χ0n) is 12.7. The first-order chi connectivity index (χ1) is 10.2. The number of carbonyl (C=O) groups is 1. The second-order valence-electron chi connectivity index (χ2n) is 6.09. The summed E-state index contributed by atoms with van der Waals surface area (Å²) < 4.78 is 0. The zero-order valence-corrected chi connectivity index (χ0v) is 13.5. The maximum atomic E-state index is 12.6. The molecule has 0 unspecified atom stereocenters. The summed E-state index contributed by atoms with van der Waals surface area (Å²) in [6, 6.07) is 9.30. The Morgan fingerprint density at radius 3 is 2.90 bits per heavy atom. The topological polar surface area (TPSA) is 32.3 Å². The molecule has 1 aromatic carbocycles. The lowest BCUT2D eigenvalue weighted by atomic mass is 10.0. The quantitative estimate of drug-likeness (QED) is 0.932. The molecule has 2 fully saturated rings. The summed E-state index contributed by atoms with van der Waals surface area (Å²) in [5.41, 5.74) is 2.57. The highest BCUT2D eigenvalue weighted by Crippen LogP contribution is 2.32. The van der Waals surface area contributed by atoms with Crippen LogP contribution in [0.25, 0.3) is 0 Å². The van der Waals surface area contributed by atoms with Gasteiger partial charge in [-0.05, 0) is 25.3 Å². The zero-order chi connectivity index (χ0) is 14.7. The van der Waals surface area contributed by atoms with Crippen LogP contribution >= 0.6 is 11.8 Å². The van der Waals surface area contributed by atoms with Crippen molar-refractivity contribution in [2.24, 2.45) is 0 Å². The molecule has 2 aliphatic rings. The Labute approximate surface area is 131 Å². The lowest BCUT2D eigenvalue weighted by molar-refractivity contribution is -0.132. The smallest absolute Gasteiger partial charge is 0.224 e. The number of hydrogen-bond acceptors (Lipinski definition) is 3. The lowest BCUT2D eigenvalue weighted by Crippen LogP contribution is -2.42. The molecule has 2 atom stereocenters. The van der Waals surface area contributed by atoms with Gasteiger partial charge in [0.15, 0.2) is 0 Å². The van der Waals surface area contributed by atoms with E-state index in [0.717, 1.165) is 31.7 Å². The maximum Gasteiger partial charge on any atom is 0.224 e. The fraction of sp³-hybridized carbons (Fsp3) is 0.588. The summed E-state index contributed by atoms with van der Waals surface area (Å²) in [6.45, 7) is 4.05. The minimum atomic E-state index is 0.286. The number of carbonyl (C=O) groups excluding carboxylic acids is 1. The van der Waals surface area contributed by atoms with Crippen molar-refractivity contribution in [1.82, 2.24) is 10.2 Å². The molecule has 1 N–H and O–H groups in total. The van der Waals surface area contributed by atoms with Crippen LogP contribution in [0.4, 0.5) is 0 Å². The van der Waals surface area contributed by atoms with Gasteiger partial charge in [-0.15, -0.1) is 0 Å². The van der Waals surface area contributed by atoms with Gasteiger partial charge in [-0.3, -0.25) is 4.79 Å². The summed E-state index contributed by atoms with van der Waals surface area (Å²) in [7, 11) is 0. The van der Waals surface area contributed by atoms with Gasteiger partial charge >= 0.3 is 0 Å². The number of amides is 1. The Bertz CT molecular complexity index is 482. The molecule has 2 aliphatic heterocycles. The molecular formula is C17H24N2OS. The molecule has 2 saturated heterocycles. The molecule has 1 aromatic rings. The largest absolute Gasteiger partial charge is 0.336 e. The van der Waals surface area contributed by atoms with E-state index in [1.807, 2.05) is 11.8 Å². The maximum absolute atomic E-state index is 12.6. The number of aryl methyl sites for hydroxylation is 1. The van der Waals surface area contributed by atoms with Crippen LogP contribution in [-0.4, -0.2) is 41.4 Å². The number of nitrogens with zero attached hydrogens (tertiary/aromatic N) is 1. The van der Waals surface area contributed by atoms with Crippen molar-refractivity contribution < 1.29 is 4.79 Å². The van der Waals surface area contributed by atoms with Gasteiger partial charge in [-0.2, -0.15) is 11.8 Å². The number of nitrogens with one attached hydrogen (secondary N) is 1. The van der Waals surface area contributed by atoms with Crippen molar-refractivity contribution in [3.8, 4) is 0 Å². The highest BCUT2D eigenvalue weighted by Gasteiger charge is 2.31. The molecule has 3 nitrogen and oxygen atoms in total. The average Bonchev–Trinajstić information content (AvgIpc) is 2.98. The number of rotatable bonds is 3. The van der Waals surface area contributed by atoms with E-state index < -0.39 is 0 Å². The standard InChI is InChI=1S/C17H24N2OS/c1-13-4-6-14(7-5-13)16-3-2-9-19(16)17(20)11-15-12-21-10-8-18-15/h4-7,15-16,18H,2-3,8-12H2,1H3/t15-,16+/m1/s1. The molecule has 21 heavy (non-hydrogen) atoms. The predicted molar refractivity (Wildman–Crippen MR) is 88.6 cm³/mol. The summed E-state index contributed by atoms with van der Waals surface area (Å²) in [5, 5.41) is 3.47. The summed E-state index contributed by atoms with van der Waals surface area (Å²) >= 11 is 1.95. The van der Waals surface area contributed by atoms with E-state index in [1.54, 1.807) is 0 Å². The van der Waals surface area contributed by atoms with Crippen LogP contribution in [0.3, 0.4) is 0 Å². The molecule has 0 saturated carbocycles. The van der Waals surface area contributed by atoms with Crippen molar-refractivity contribution in [3.05, 3.63) is 35.4 Å². The number of hydrogen-bond donors (Lipinski definition) is 1. The van der Waals surface area contributed by atoms with Gasteiger partial charge in [-0.1, -0.05) is 29.8 Å². The highest BCUT2D eigenvalue weighted by atomic mass is 32.2. The first kappa shape index (κ1) is 14.9. The third kappa shape index (κ3) is 3.61. The second kappa shape index (κ2) is 6.84. The summed E-state index contributed by atoms with van der Waals surface area (Å²) in [5.74, 6) is 2.55. The number of likely N-dealkylation sites (tertiary alicyclic amines) is 1. The third-order valence-corrected chi connectivity index (χ3v) is 5.59. The van der Waals surface area contributed by atoms with Crippen molar-refractivity contribution in [2.45, 2.75) is 38.3 Å². The van der Waals surface area contributed by atoms with E-state index in [9.17, 15) is 4.79 Å². The highest BCUT2D eigenvalue weighted by molar-refractivity contribution is 7.99. The molecule has 0 aromatic heterocycles. The minimum Gasteiger partial charge on any atom is -0.336 e. The normalized spacial score (nSPS) is 26.0. The molecular weight excluding hydrogens is 280 g/mol. The Morgan fingerprint density at radius 1 is 1.38 bits per heavy atom. The van der Waals surface area contributed by atoms with Crippen molar-refractivity contribution >= 4 is 17.7 Å². The molecule has 3 rings (SSSR count). The first-order valence-electron chi connectivity index (χ1n) is 7.91. The van der Waals surface area contributed by atoms with Gasteiger partial charge in [0.1, 0.15) is 0 Å². The van der Waals surface area contributed by atoms with Crippen LogP contribution in [-0.2, 0) is 4.79 Å². The van der Waals surface area contributed by atoms with E-state index in [-0.39, 0.29) is 6.04 Å². The second-order valence-corrected chi connectivity index (χ2v) is 7.24. The fourth-order valence-corrected chi connectivity index (χ4v) is 4.23. The predicted octanol–water partition coefficient (Wildman–Crippen LogP) is 2.75. The van der Waals surface area contributed by atoms with Gasteiger partial charge < -0.3 is 10.2 Å². The van der Waals surface area contributed by atoms with Crippen molar-refractivity contribution in [3.63, 3.8) is 0 Å². The lowest BCUT2D eigenvalue weighted by Gasteiger charge is -2.29. The molecule has 4 heteroatoms. The van der Waals surface area contributed by atoms with Crippen LogP contribution in [0.2, 0.25) is 0 Å². The third-order valence-electron chi connectivity index (χ3n) is 4.45. The van der Waals surface area contributed by atoms with E-state index >= 15 is 0 Å². The fourth-order valence-electron chi connectivity index (χ4n) is 3.28. The minimum absolute atomic E-state index is 0.286. The molecule has 2 heterocycles. The van der Waals surface area contributed by atoms with Crippen LogP contribution in [0.5, 0.6) is 0 Å². The Kier molecular flexibility index (Phi) is 4.86. The monoisotopic (exact) mass is 304 g/mol. The van der Waals surface area contributed by atoms with E-state index in [4.69, 9.17) is 0 Å². The SMILES string of the molecule is Cc1ccc([C@@H]2CCCN2C(=O)C[C@@H]2CSCCN2)cc1. The van der Waals surface area contributed by atoms with Crippen LogP contribution in [0.1, 0.15) is 36.4 Å². The molecule has 0 radical (unpaired) electrons. The Hall–Kier alpha value is -1.00. The molecule has 0 bridgehead atoms. The Morgan fingerprint density at radius 2 is 2.19 bits per heavy atom. The first-order valence-corrected chi connectivity index (χ1v) is 9.06. The molecule has 1 amide bonds. The van der Waals surface area contributed by atoms with Crippen molar-refractivity contribution in [1.29, 1.82) is 0 Å². The Balaban J connectivity index is 1.65. The van der Waals surface area contributed by atoms with E-state index in [1.165, 1.54) is 16.9 Å². The van der Waals surface area contributed by atoms with Crippen LogP contribution in [0.15, 0.2) is 24.3 Å². The number of thioether (sulfide) groups is 1.